The van der Waals surface area contributed by atoms with Crippen LogP contribution in [0.1, 0.15) is 17.5 Å². The number of rotatable bonds is 5. The molecule has 16 heavy (non-hydrogen) atoms. The third-order valence-corrected chi connectivity index (χ3v) is 3.17. The lowest BCUT2D eigenvalue weighted by atomic mass is 10.1. The van der Waals surface area contributed by atoms with E-state index in [0.717, 1.165) is 24.0 Å². The maximum atomic E-state index is 8.50. The number of hydrogen-bond donors (Lipinski definition) is 0. The number of halogens is 1. The first-order valence-electron chi connectivity index (χ1n) is 5.44. The molecule has 0 fully saturated rings. The van der Waals surface area contributed by atoms with Crippen LogP contribution in [0.25, 0.3) is 0 Å². The first-order chi connectivity index (χ1) is 7.63. The summed E-state index contributed by atoms with van der Waals surface area (Å²) in [7, 11) is 2.06. The fourth-order valence-corrected chi connectivity index (χ4v) is 1.98. The zero-order valence-electron chi connectivity index (χ0n) is 9.83. The second-order valence-electron chi connectivity index (χ2n) is 4.03. The summed E-state index contributed by atoms with van der Waals surface area (Å²) in [5.41, 5.74) is 2.70. The number of likely N-dealkylation sites (N-methyl/N-ethyl adjacent to an activating group) is 1. The van der Waals surface area contributed by atoms with E-state index in [1.165, 1.54) is 11.1 Å². The van der Waals surface area contributed by atoms with Gasteiger partial charge in [-0.15, -0.1) is 0 Å². The molecule has 2 nitrogen and oxygen atoms in total. The largest absolute Gasteiger partial charge is 0.305 e. The highest BCUT2D eigenvalue weighted by molar-refractivity contribution is 9.10. The van der Waals surface area contributed by atoms with Gasteiger partial charge in [0.05, 0.1) is 6.07 Å². The average molecular weight is 281 g/mol. The smallest absolute Gasteiger partial charge is 0.0635 e. The van der Waals surface area contributed by atoms with E-state index in [-0.39, 0.29) is 0 Å². The Morgan fingerprint density at radius 1 is 1.38 bits per heavy atom. The van der Waals surface area contributed by atoms with Crippen molar-refractivity contribution in [2.24, 2.45) is 0 Å². The number of hydrogen-bond acceptors (Lipinski definition) is 2. The Morgan fingerprint density at radius 2 is 2.12 bits per heavy atom. The Bertz CT molecular complexity index is 382. The molecule has 0 aliphatic carbocycles. The van der Waals surface area contributed by atoms with E-state index in [1.807, 2.05) is 0 Å². The van der Waals surface area contributed by atoms with Crippen molar-refractivity contribution in [1.82, 2.24) is 4.90 Å². The highest BCUT2D eigenvalue weighted by Gasteiger charge is 2.02. The molecular formula is C13H17BrN2. The minimum atomic E-state index is 0.605. The third kappa shape index (κ3) is 4.34. The molecule has 0 saturated carbocycles. The number of benzene rings is 1. The van der Waals surface area contributed by atoms with Gasteiger partial charge in [0, 0.05) is 24.0 Å². The first kappa shape index (κ1) is 13.2. The van der Waals surface area contributed by atoms with Crippen LogP contribution in [0.4, 0.5) is 0 Å². The molecule has 1 aromatic carbocycles. The molecule has 0 aromatic heterocycles. The Kier molecular flexibility index (Phi) is 5.51. The van der Waals surface area contributed by atoms with Crippen molar-refractivity contribution in [3.05, 3.63) is 33.8 Å². The summed E-state index contributed by atoms with van der Waals surface area (Å²) in [6, 6.07) is 8.54. The number of nitrogens with zero attached hydrogens (tertiary/aromatic N) is 2. The van der Waals surface area contributed by atoms with Gasteiger partial charge < -0.3 is 4.90 Å². The number of nitriles is 1. The molecule has 0 saturated heterocycles. The first-order valence-corrected chi connectivity index (χ1v) is 6.23. The summed E-state index contributed by atoms with van der Waals surface area (Å²) in [5, 5.41) is 8.50. The molecule has 0 atom stereocenters. The van der Waals surface area contributed by atoms with E-state index in [0.29, 0.717) is 6.42 Å². The van der Waals surface area contributed by atoms with Gasteiger partial charge in [0.15, 0.2) is 0 Å². The molecule has 0 unspecified atom stereocenters. The van der Waals surface area contributed by atoms with E-state index < -0.39 is 0 Å². The normalized spacial score (nSPS) is 10.4. The standard InChI is InChI=1S/C13H17BrN2/c1-11-4-5-13(14)10-12(11)6-9-16(2)8-3-7-15/h4-5,10H,3,6,8-9H2,1-2H3. The predicted molar refractivity (Wildman–Crippen MR) is 70.3 cm³/mol. The van der Waals surface area contributed by atoms with Crippen LogP contribution in [0.15, 0.2) is 22.7 Å². The Labute approximate surface area is 106 Å². The van der Waals surface area contributed by atoms with E-state index in [9.17, 15) is 0 Å². The predicted octanol–water partition coefficient (Wildman–Crippen LogP) is 3.15. The molecule has 0 spiro atoms. The van der Waals surface area contributed by atoms with E-state index in [4.69, 9.17) is 5.26 Å². The highest BCUT2D eigenvalue weighted by atomic mass is 79.9. The van der Waals surface area contributed by atoms with Gasteiger partial charge in [-0.2, -0.15) is 5.26 Å². The van der Waals surface area contributed by atoms with Gasteiger partial charge in [-0.3, -0.25) is 0 Å². The van der Waals surface area contributed by atoms with Crippen LogP contribution in [-0.2, 0) is 6.42 Å². The van der Waals surface area contributed by atoms with Gasteiger partial charge >= 0.3 is 0 Å². The van der Waals surface area contributed by atoms with Crippen molar-refractivity contribution in [3.8, 4) is 6.07 Å². The molecular weight excluding hydrogens is 264 g/mol. The van der Waals surface area contributed by atoms with Gasteiger partial charge in [-0.25, -0.2) is 0 Å². The highest BCUT2D eigenvalue weighted by Crippen LogP contribution is 2.16. The van der Waals surface area contributed by atoms with Crippen molar-refractivity contribution >= 4 is 15.9 Å². The van der Waals surface area contributed by atoms with Crippen LogP contribution in [0.2, 0.25) is 0 Å². The third-order valence-electron chi connectivity index (χ3n) is 2.68. The van der Waals surface area contributed by atoms with E-state index >= 15 is 0 Å². The maximum Gasteiger partial charge on any atom is 0.0635 e. The summed E-state index contributed by atoms with van der Waals surface area (Å²) in [4.78, 5) is 2.20. The van der Waals surface area contributed by atoms with Crippen LogP contribution in [0, 0.1) is 18.3 Å². The SMILES string of the molecule is Cc1ccc(Br)cc1CCN(C)CCC#N. The second kappa shape index (κ2) is 6.67. The van der Waals surface area contributed by atoms with Gasteiger partial charge in [0.2, 0.25) is 0 Å². The Morgan fingerprint density at radius 3 is 2.81 bits per heavy atom. The summed E-state index contributed by atoms with van der Waals surface area (Å²) in [6.45, 7) is 3.99. The van der Waals surface area contributed by atoms with Crippen LogP contribution >= 0.6 is 15.9 Å². The van der Waals surface area contributed by atoms with E-state index in [2.05, 4.69) is 59.1 Å². The molecule has 0 heterocycles. The summed E-state index contributed by atoms with van der Waals surface area (Å²) in [5.74, 6) is 0. The van der Waals surface area contributed by atoms with Gasteiger partial charge in [0.25, 0.3) is 0 Å². The summed E-state index contributed by atoms with van der Waals surface area (Å²) >= 11 is 3.49. The minimum absolute atomic E-state index is 0.605. The summed E-state index contributed by atoms with van der Waals surface area (Å²) < 4.78 is 1.13. The molecule has 1 rings (SSSR count). The zero-order valence-corrected chi connectivity index (χ0v) is 11.4. The van der Waals surface area contributed by atoms with Crippen molar-refractivity contribution in [2.75, 3.05) is 20.1 Å². The molecule has 0 aliphatic rings. The molecule has 86 valence electrons. The lowest BCUT2D eigenvalue weighted by Crippen LogP contribution is -2.22. The molecule has 1 aromatic rings. The average Bonchev–Trinajstić information content (AvgIpc) is 2.27. The number of aryl methyl sites for hydroxylation is 1. The van der Waals surface area contributed by atoms with Crippen molar-refractivity contribution in [2.45, 2.75) is 19.8 Å². The monoisotopic (exact) mass is 280 g/mol. The molecule has 0 radical (unpaired) electrons. The lowest BCUT2D eigenvalue weighted by Gasteiger charge is -2.15. The maximum absolute atomic E-state index is 8.50. The van der Waals surface area contributed by atoms with Crippen molar-refractivity contribution < 1.29 is 0 Å². The molecule has 0 N–H and O–H groups in total. The van der Waals surface area contributed by atoms with E-state index in [1.54, 1.807) is 0 Å². The fourth-order valence-electron chi connectivity index (χ4n) is 1.57. The Hall–Kier alpha value is -0.850. The van der Waals surface area contributed by atoms with Gasteiger partial charge in [0.1, 0.15) is 0 Å². The van der Waals surface area contributed by atoms with Crippen LogP contribution in [0.5, 0.6) is 0 Å². The summed E-state index contributed by atoms with van der Waals surface area (Å²) in [6.07, 6.45) is 1.64. The van der Waals surface area contributed by atoms with Crippen molar-refractivity contribution in [3.63, 3.8) is 0 Å². The molecule has 0 bridgehead atoms. The van der Waals surface area contributed by atoms with Gasteiger partial charge in [-0.05, 0) is 43.7 Å². The zero-order chi connectivity index (χ0) is 12.0. The van der Waals surface area contributed by atoms with Crippen LogP contribution in [0.3, 0.4) is 0 Å². The van der Waals surface area contributed by atoms with Gasteiger partial charge in [-0.1, -0.05) is 22.0 Å². The Balaban J connectivity index is 2.48. The van der Waals surface area contributed by atoms with Crippen LogP contribution in [-0.4, -0.2) is 25.0 Å². The van der Waals surface area contributed by atoms with Crippen molar-refractivity contribution in [1.29, 1.82) is 5.26 Å². The molecule has 0 amide bonds. The molecule has 0 aliphatic heterocycles. The second-order valence-corrected chi connectivity index (χ2v) is 4.95. The minimum Gasteiger partial charge on any atom is -0.305 e. The van der Waals surface area contributed by atoms with Crippen LogP contribution < -0.4 is 0 Å². The quantitative estimate of drug-likeness (QED) is 0.829. The topological polar surface area (TPSA) is 27.0 Å². The fraction of sp³-hybridized carbons (Fsp3) is 0.462. The molecule has 3 heteroatoms. The lowest BCUT2D eigenvalue weighted by molar-refractivity contribution is 0.346.